The summed E-state index contributed by atoms with van der Waals surface area (Å²) < 4.78 is 1.02. The van der Waals surface area contributed by atoms with Gasteiger partial charge in [-0.3, -0.25) is 24.6 Å². The highest BCUT2D eigenvalue weighted by molar-refractivity contribution is 9.11. The van der Waals surface area contributed by atoms with Crippen molar-refractivity contribution >= 4 is 67.1 Å². The Kier molecular flexibility index (Phi) is 4.90. The minimum Gasteiger partial charge on any atom is -0.298 e. The Morgan fingerprint density at radius 1 is 1.07 bits per heavy atom. The van der Waals surface area contributed by atoms with Crippen molar-refractivity contribution in [2.45, 2.75) is 12.8 Å². The number of hydrogen-bond donors (Lipinski definition) is 1. The molecule has 0 aliphatic carbocycles. The van der Waals surface area contributed by atoms with E-state index in [0.717, 1.165) is 19.3 Å². The third-order valence-corrected chi connectivity index (χ3v) is 6.39. The zero-order valence-electron chi connectivity index (χ0n) is 13.8. The molecule has 0 unspecified atom stereocenters. The molecule has 4 rings (SSSR count). The van der Waals surface area contributed by atoms with Crippen LogP contribution in [-0.2, 0) is 9.59 Å². The molecule has 3 aromatic rings. The molecule has 27 heavy (non-hydrogen) atoms. The highest BCUT2D eigenvalue weighted by atomic mass is 79.9. The highest BCUT2D eigenvalue weighted by Crippen LogP contribution is 2.33. The number of carbonyl (C=O) groups is 3. The quantitative estimate of drug-likeness (QED) is 0.578. The van der Waals surface area contributed by atoms with Gasteiger partial charge in [0.15, 0.2) is 5.13 Å². The number of thiazole rings is 1. The molecule has 1 fully saturated rings. The summed E-state index contributed by atoms with van der Waals surface area (Å²) >= 11 is 6.35. The van der Waals surface area contributed by atoms with Gasteiger partial charge in [-0.25, -0.2) is 4.98 Å². The van der Waals surface area contributed by atoms with Gasteiger partial charge in [0.25, 0.3) is 5.91 Å². The second-order valence-corrected chi connectivity index (χ2v) is 9.09. The SMILES string of the molecule is O=C(Nc1nc(-c2ccc(Br)s2)cs1)c1ccc(N2C(=O)CCC2=O)cc1. The second-order valence-electron chi connectivity index (χ2n) is 5.77. The van der Waals surface area contributed by atoms with Crippen molar-refractivity contribution in [3.05, 3.63) is 51.1 Å². The van der Waals surface area contributed by atoms with Crippen LogP contribution >= 0.6 is 38.6 Å². The van der Waals surface area contributed by atoms with Crippen LogP contribution < -0.4 is 10.2 Å². The first-order chi connectivity index (χ1) is 13.0. The van der Waals surface area contributed by atoms with Crippen molar-refractivity contribution in [1.29, 1.82) is 0 Å². The zero-order chi connectivity index (χ0) is 19.0. The number of rotatable bonds is 4. The monoisotopic (exact) mass is 461 g/mol. The first kappa shape index (κ1) is 18.0. The zero-order valence-corrected chi connectivity index (χ0v) is 17.0. The lowest BCUT2D eigenvalue weighted by molar-refractivity contribution is -0.121. The summed E-state index contributed by atoms with van der Waals surface area (Å²) in [6.45, 7) is 0. The van der Waals surface area contributed by atoms with Crippen molar-refractivity contribution < 1.29 is 14.4 Å². The fourth-order valence-electron chi connectivity index (χ4n) is 2.69. The van der Waals surface area contributed by atoms with Gasteiger partial charge in [-0.05, 0) is 52.3 Å². The molecule has 9 heteroatoms. The van der Waals surface area contributed by atoms with E-state index in [0.29, 0.717) is 16.4 Å². The average molecular weight is 462 g/mol. The molecular weight excluding hydrogens is 450 g/mol. The Labute approximate surface area is 171 Å². The predicted molar refractivity (Wildman–Crippen MR) is 109 cm³/mol. The lowest BCUT2D eigenvalue weighted by Gasteiger charge is -2.13. The summed E-state index contributed by atoms with van der Waals surface area (Å²) in [5, 5.41) is 5.17. The van der Waals surface area contributed by atoms with E-state index in [1.807, 2.05) is 17.5 Å². The van der Waals surface area contributed by atoms with Gasteiger partial charge in [0.1, 0.15) is 0 Å². The number of hydrogen-bond acceptors (Lipinski definition) is 6. The molecular formula is C18H12BrN3O3S2. The molecule has 136 valence electrons. The molecule has 6 nitrogen and oxygen atoms in total. The van der Waals surface area contributed by atoms with Gasteiger partial charge in [-0.15, -0.1) is 22.7 Å². The average Bonchev–Trinajstić information content (AvgIpc) is 3.36. The molecule has 1 aromatic carbocycles. The number of thiophene rings is 1. The van der Waals surface area contributed by atoms with E-state index in [1.54, 1.807) is 35.6 Å². The Morgan fingerprint density at radius 3 is 2.41 bits per heavy atom. The molecule has 1 N–H and O–H groups in total. The first-order valence-corrected chi connectivity index (χ1v) is 10.5. The third-order valence-electron chi connectivity index (χ3n) is 3.99. The maximum absolute atomic E-state index is 12.4. The Bertz CT molecular complexity index is 1030. The minimum absolute atomic E-state index is 0.215. The Morgan fingerprint density at radius 2 is 1.78 bits per heavy atom. The van der Waals surface area contributed by atoms with E-state index < -0.39 is 0 Å². The van der Waals surface area contributed by atoms with E-state index in [1.165, 1.54) is 11.3 Å². The number of aromatic nitrogens is 1. The fourth-order valence-corrected chi connectivity index (χ4v) is 4.82. The molecule has 0 bridgehead atoms. The van der Waals surface area contributed by atoms with Gasteiger partial charge in [0, 0.05) is 23.8 Å². The first-order valence-electron chi connectivity index (χ1n) is 8.00. The maximum Gasteiger partial charge on any atom is 0.257 e. The topological polar surface area (TPSA) is 79.4 Å². The van der Waals surface area contributed by atoms with Gasteiger partial charge < -0.3 is 0 Å². The van der Waals surface area contributed by atoms with E-state index >= 15 is 0 Å². The lowest BCUT2D eigenvalue weighted by Crippen LogP contribution is -2.28. The van der Waals surface area contributed by atoms with Gasteiger partial charge in [0.05, 0.1) is 20.0 Å². The molecule has 0 radical (unpaired) electrons. The number of anilines is 2. The maximum atomic E-state index is 12.4. The molecule has 3 amide bonds. The standard InChI is InChI=1S/C18H12BrN3O3S2/c19-14-6-5-13(27-14)12-9-26-18(20-12)21-17(25)10-1-3-11(4-2-10)22-15(23)7-8-16(22)24/h1-6,9H,7-8H2,(H,20,21,25). The molecule has 1 aliphatic rings. The Balaban J connectivity index is 1.46. The molecule has 1 aliphatic heterocycles. The van der Waals surface area contributed by atoms with Crippen LogP contribution in [0.3, 0.4) is 0 Å². The molecule has 2 aromatic heterocycles. The van der Waals surface area contributed by atoms with Crippen LogP contribution in [-0.4, -0.2) is 22.7 Å². The van der Waals surface area contributed by atoms with Crippen molar-refractivity contribution in [2.75, 3.05) is 10.2 Å². The molecule has 0 atom stereocenters. The summed E-state index contributed by atoms with van der Waals surface area (Å²) in [6.07, 6.45) is 0.461. The number of benzene rings is 1. The largest absolute Gasteiger partial charge is 0.298 e. The van der Waals surface area contributed by atoms with E-state index in [4.69, 9.17) is 0 Å². The number of nitrogens with zero attached hydrogens (tertiary/aromatic N) is 2. The summed E-state index contributed by atoms with van der Waals surface area (Å²) in [6, 6.07) is 10.3. The number of imide groups is 1. The minimum atomic E-state index is -0.297. The van der Waals surface area contributed by atoms with Gasteiger partial charge in [-0.1, -0.05) is 0 Å². The summed E-state index contributed by atoms with van der Waals surface area (Å²) in [5.74, 6) is -0.727. The Hall–Kier alpha value is -2.36. The highest BCUT2D eigenvalue weighted by Gasteiger charge is 2.30. The van der Waals surface area contributed by atoms with Crippen molar-refractivity contribution in [1.82, 2.24) is 4.98 Å². The van der Waals surface area contributed by atoms with E-state index in [-0.39, 0.29) is 30.6 Å². The number of amides is 3. The summed E-state index contributed by atoms with van der Waals surface area (Å²) in [7, 11) is 0. The molecule has 1 saturated heterocycles. The van der Waals surface area contributed by atoms with Crippen molar-refractivity contribution in [2.24, 2.45) is 0 Å². The summed E-state index contributed by atoms with van der Waals surface area (Å²) in [4.78, 5) is 42.6. The van der Waals surface area contributed by atoms with Crippen molar-refractivity contribution in [3.8, 4) is 10.6 Å². The van der Waals surface area contributed by atoms with Crippen molar-refractivity contribution in [3.63, 3.8) is 0 Å². The normalized spacial score (nSPS) is 14.0. The van der Waals surface area contributed by atoms with Gasteiger partial charge >= 0.3 is 0 Å². The predicted octanol–water partition coefficient (Wildman–Crippen LogP) is 4.54. The van der Waals surface area contributed by atoms with Crippen LogP contribution in [0.15, 0.2) is 45.6 Å². The fraction of sp³-hybridized carbons (Fsp3) is 0.111. The van der Waals surface area contributed by atoms with Crippen LogP contribution in [0, 0.1) is 0 Å². The second kappa shape index (κ2) is 7.34. The smallest absolute Gasteiger partial charge is 0.257 e. The molecule has 0 saturated carbocycles. The third kappa shape index (κ3) is 3.71. The van der Waals surface area contributed by atoms with Crippen LogP contribution in [0.4, 0.5) is 10.8 Å². The van der Waals surface area contributed by atoms with Gasteiger partial charge in [-0.2, -0.15) is 0 Å². The van der Waals surface area contributed by atoms with E-state index in [9.17, 15) is 14.4 Å². The van der Waals surface area contributed by atoms with Crippen LogP contribution in [0.5, 0.6) is 0 Å². The lowest BCUT2D eigenvalue weighted by atomic mass is 10.2. The molecule has 0 spiro atoms. The van der Waals surface area contributed by atoms with Crippen LogP contribution in [0.1, 0.15) is 23.2 Å². The number of carbonyl (C=O) groups excluding carboxylic acids is 3. The molecule has 3 heterocycles. The number of nitrogens with one attached hydrogen (secondary N) is 1. The van der Waals surface area contributed by atoms with Crippen LogP contribution in [0.2, 0.25) is 0 Å². The van der Waals surface area contributed by atoms with Gasteiger partial charge in [0.2, 0.25) is 11.8 Å². The summed E-state index contributed by atoms with van der Waals surface area (Å²) in [5.41, 5.74) is 1.72. The van der Waals surface area contributed by atoms with Crippen LogP contribution in [0.25, 0.3) is 10.6 Å². The van der Waals surface area contributed by atoms with E-state index in [2.05, 4.69) is 26.2 Å². The number of halogens is 1.